The molecule has 2 nitrogen and oxygen atoms in total. The third-order valence-corrected chi connectivity index (χ3v) is 4.50. The van der Waals surface area contributed by atoms with Crippen molar-refractivity contribution in [3.63, 3.8) is 0 Å². The third-order valence-electron chi connectivity index (χ3n) is 4.50. The summed E-state index contributed by atoms with van der Waals surface area (Å²) in [6.45, 7) is 2.12. The van der Waals surface area contributed by atoms with Crippen molar-refractivity contribution in [1.82, 2.24) is 5.32 Å². The monoisotopic (exact) mass is 270 g/mol. The first-order valence-electron chi connectivity index (χ1n) is 8.01. The third kappa shape index (κ3) is 4.08. The molecule has 1 aliphatic carbocycles. The maximum atomic E-state index is 9.73. The molecule has 1 fully saturated rings. The molecule has 0 bridgehead atoms. The fraction of sp³-hybridized carbons (Fsp3) is 0.611. The molecule has 1 N–H and O–H groups in total. The van der Waals surface area contributed by atoms with Gasteiger partial charge in [0.15, 0.2) is 0 Å². The molecule has 2 heteroatoms. The van der Waals surface area contributed by atoms with Crippen molar-refractivity contribution in [2.24, 2.45) is 0 Å². The molecular weight excluding hydrogens is 244 g/mol. The van der Waals surface area contributed by atoms with Gasteiger partial charge in [-0.2, -0.15) is 5.26 Å². The Morgan fingerprint density at radius 3 is 2.35 bits per heavy atom. The molecule has 0 spiro atoms. The quantitative estimate of drug-likeness (QED) is 0.813. The molecule has 1 aromatic rings. The maximum absolute atomic E-state index is 9.73. The Hall–Kier alpha value is -1.33. The van der Waals surface area contributed by atoms with Gasteiger partial charge in [0, 0.05) is 12.5 Å². The van der Waals surface area contributed by atoms with Gasteiger partial charge in [-0.3, -0.25) is 5.32 Å². The van der Waals surface area contributed by atoms with Crippen LogP contribution in [0.4, 0.5) is 0 Å². The van der Waals surface area contributed by atoms with Gasteiger partial charge < -0.3 is 0 Å². The van der Waals surface area contributed by atoms with Crippen LogP contribution in [0.2, 0.25) is 0 Å². The number of rotatable bonds is 5. The molecule has 0 heterocycles. The van der Waals surface area contributed by atoms with E-state index in [0.29, 0.717) is 6.04 Å². The van der Waals surface area contributed by atoms with E-state index >= 15 is 0 Å². The van der Waals surface area contributed by atoms with E-state index in [0.717, 1.165) is 12.8 Å². The van der Waals surface area contributed by atoms with Gasteiger partial charge in [0.05, 0.1) is 6.07 Å². The number of nitrogens with zero attached hydrogens (tertiary/aromatic N) is 1. The summed E-state index contributed by atoms with van der Waals surface area (Å²) >= 11 is 0. The van der Waals surface area contributed by atoms with Gasteiger partial charge in [0.2, 0.25) is 0 Å². The summed E-state index contributed by atoms with van der Waals surface area (Å²) in [5, 5.41) is 13.4. The molecule has 1 unspecified atom stereocenters. The normalized spacial score (nSPS) is 19.8. The lowest BCUT2D eigenvalue weighted by Crippen LogP contribution is -2.50. The first-order chi connectivity index (χ1) is 9.78. The SMILES string of the molecule is CCC(C#N)(Cc1ccccc1)NC1CCCCCC1. The zero-order chi connectivity index (χ0) is 14.3. The van der Waals surface area contributed by atoms with Crippen LogP contribution in [0.1, 0.15) is 57.4 Å². The Morgan fingerprint density at radius 1 is 1.15 bits per heavy atom. The highest BCUT2D eigenvalue weighted by Gasteiger charge is 2.31. The van der Waals surface area contributed by atoms with E-state index in [-0.39, 0.29) is 0 Å². The van der Waals surface area contributed by atoms with E-state index in [4.69, 9.17) is 0 Å². The van der Waals surface area contributed by atoms with Crippen molar-refractivity contribution >= 4 is 0 Å². The summed E-state index contributed by atoms with van der Waals surface area (Å²) in [5.41, 5.74) is 0.841. The summed E-state index contributed by atoms with van der Waals surface area (Å²) in [4.78, 5) is 0. The molecule has 2 rings (SSSR count). The summed E-state index contributed by atoms with van der Waals surface area (Å²) < 4.78 is 0. The maximum Gasteiger partial charge on any atom is 0.110 e. The van der Waals surface area contributed by atoms with Crippen LogP contribution in [0.15, 0.2) is 30.3 Å². The smallest absolute Gasteiger partial charge is 0.110 e. The minimum atomic E-state index is -0.406. The molecule has 0 saturated heterocycles. The lowest BCUT2D eigenvalue weighted by molar-refractivity contribution is 0.320. The van der Waals surface area contributed by atoms with Crippen LogP contribution in [0.3, 0.4) is 0 Å². The molecule has 1 atom stereocenters. The van der Waals surface area contributed by atoms with Crippen LogP contribution in [0.25, 0.3) is 0 Å². The molecule has 108 valence electrons. The second-order valence-corrected chi connectivity index (χ2v) is 6.04. The van der Waals surface area contributed by atoms with Crippen LogP contribution in [0.5, 0.6) is 0 Å². The molecule has 0 amide bonds. The number of nitrogens with one attached hydrogen (secondary N) is 1. The minimum absolute atomic E-state index is 0.406. The lowest BCUT2D eigenvalue weighted by atomic mass is 9.88. The molecule has 20 heavy (non-hydrogen) atoms. The van der Waals surface area contributed by atoms with E-state index in [1.165, 1.54) is 44.1 Å². The van der Waals surface area contributed by atoms with E-state index in [9.17, 15) is 5.26 Å². The van der Waals surface area contributed by atoms with Gasteiger partial charge in [-0.15, -0.1) is 0 Å². The van der Waals surface area contributed by atoms with Crippen molar-refractivity contribution in [1.29, 1.82) is 5.26 Å². The van der Waals surface area contributed by atoms with E-state index in [1.54, 1.807) is 0 Å². The molecular formula is C18H26N2. The van der Waals surface area contributed by atoms with Gasteiger partial charge in [0.1, 0.15) is 5.54 Å². The van der Waals surface area contributed by atoms with Crippen molar-refractivity contribution in [3.8, 4) is 6.07 Å². The number of hydrogen-bond donors (Lipinski definition) is 1. The molecule has 1 aromatic carbocycles. The predicted molar refractivity (Wildman–Crippen MR) is 83.4 cm³/mol. The average molecular weight is 270 g/mol. The van der Waals surface area contributed by atoms with E-state index in [2.05, 4.69) is 42.6 Å². The van der Waals surface area contributed by atoms with Crippen molar-refractivity contribution in [2.45, 2.75) is 69.9 Å². The van der Waals surface area contributed by atoms with Gasteiger partial charge in [-0.05, 0) is 24.8 Å². The number of hydrogen-bond acceptors (Lipinski definition) is 2. The molecule has 1 saturated carbocycles. The second kappa shape index (κ2) is 7.45. The molecule has 1 aliphatic rings. The molecule has 0 aliphatic heterocycles. The van der Waals surface area contributed by atoms with Crippen LogP contribution in [-0.4, -0.2) is 11.6 Å². The highest BCUT2D eigenvalue weighted by molar-refractivity contribution is 5.22. The Bertz CT molecular complexity index is 426. The molecule has 0 radical (unpaired) electrons. The fourth-order valence-electron chi connectivity index (χ4n) is 3.19. The van der Waals surface area contributed by atoms with Gasteiger partial charge in [-0.1, -0.05) is 62.9 Å². The largest absolute Gasteiger partial charge is 0.296 e. The second-order valence-electron chi connectivity index (χ2n) is 6.04. The minimum Gasteiger partial charge on any atom is -0.296 e. The van der Waals surface area contributed by atoms with Crippen molar-refractivity contribution < 1.29 is 0 Å². The fourth-order valence-corrected chi connectivity index (χ4v) is 3.19. The summed E-state index contributed by atoms with van der Waals surface area (Å²) in [7, 11) is 0. The van der Waals surface area contributed by atoms with Gasteiger partial charge in [0.25, 0.3) is 0 Å². The van der Waals surface area contributed by atoms with Crippen LogP contribution < -0.4 is 5.32 Å². The summed E-state index contributed by atoms with van der Waals surface area (Å²) in [6, 6.07) is 13.5. The highest BCUT2D eigenvalue weighted by atomic mass is 15.0. The Morgan fingerprint density at radius 2 is 1.80 bits per heavy atom. The zero-order valence-electron chi connectivity index (χ0n) is 12.6. The van der Waals surface area contributed by atoms with Gasteiger partial charge >= 0.3 is 0 Å². The zero-order valence-corrected chi connectivity index (χ0v) is 12.6. The number of benzene rings is 1. The predicted octanol–water partition coefficient (Wildman–Crippen LogP) is 4.21. The van der Waals surface area contributed by atoms with Crippen molar-refractivity contribution in [2.75, 3.05) is 0 Å². The first-order valence-corrected chi connectivity index (χ1v) is 8.01. The van der Waals surface area contributed by atoms with Gasteiger partial charge in [-0.25, -0.2) is 0 Å². The van der Waals surface area contributed by atoms with Crippen molar-refractivity contribution in [3.05, 3.63) is 35.9 Å². The standard InChI is InChI=1S/C18H26N2/c1-2-18(15-19,14-16-10-6-5-7-11-16)20-17-12-8-3-4-9-13-17/h5-7,10-11,17,20H,2-4,8-9,12-14H2,1H3. The van der Waals surface area contributed by atoms with Crippen LogP contribution in [-0.2, 0) is 6.42 Å². The topological polar surface area (TPSA) is 35.8 Å². The highest BCUT2D eigenvalue weighted by Crippen LogP contribution is 2.23. The summed E-state index contributed by atoms with van der Waals surface area (Å²) in [5.74, 6) is 0. The lowest BCUT2D eigenvalue weighted by Gasteiger charge is -2.32. The number of nitriles is 1. The molecule has 0 aromatic heterocycles. The Balaban J connectivity index is 2.06. The Labute approximate surface area is 123 Å². The van der Waals surface area contributed by atoms with E-state index in [1.807, 2.05) is 6.07 Å². The Kier molecular flexibility index (Phi) is 5.61. The first kappa shape index (κ1) is 15.1. The summed E-state index contributed by atoms with van der Waals surface area (Å²) in [6.07, 6.45) is 9.40. The average Bonchev–Trinajstić information content (AvgIpc) is 2.76. The van der Waals surface area contributed by atoms with Crippen LogP contribution in [0, 0.1) is 11.3 Å². The van der Waals surface area contributed by atoms with Crippen LogP contribution >= 0.6 is 0 Å². The van der Waals surface area contributed by atoms with E-state index < -0.39 is 5.54 Å².